The molecule has 0 radical (unpaired) electrons. The standard InChI is InChI=1S/C22H26N6OS/c1-16-8-6-10-20(18(16)3)26-11-13-27(14-12-26)21(29)15-30-22-23-24-25-28(22)19-9-5-4-7-17(19)2/h4-10H,11-15H2,1-3H3. The van der Waals surface area contributed by atoms with Gasteiger partial charge < -0.3 is 9.80 Å². The van der Waals surface area contributed by atoms with Gasteiger partial charge in [0.25, 0.3) is 0 Å². The van der Waals surface area contributed by atoms with Crippen LogP contribution in [0.25, 0.3) is 5.69 Å². The van der Waals surface area contributed by atoms with Crippen LogP contribution >= 0.6 is 11.8 Å². The van der Waals surface area contributed by atoms with Crippen molar-refractivity contribution in [1.29, 1.82) is 0 Å². The second-order valence-corrected chi connectivity index (χ2v) is 8.48. The lowest BCUT2D eigenvalue weighted by Gasteiger charge is -2.37. The predicted molar refractivity (Wildman–Crippen MR) is 119 cm³/mol. The smallest absolute Gasteiger partial charge is 0.233 e. The van der Waals surface area contributed by atoms with E-state index in [-0.39, 0.29) is 5.91 Å². The third-order valence-electron chi connectivity index (χ3n) is 5.66. The Bertz CT molecular complexity index is 1040. The van der Waals surface area contributed by atoms with Gasteiger partial charge in [-0.25, -0.2) is 0 Å². The second kappa shape index (κ2) is 8.87. The van der Waals surface area contributed by atoms with Crippen LogP contribution in [0.3, 0.4) is 0 Å². The minimum Gasteiger partial charge on any atom is -0.368 e. The number of nitrogens with zero attached hydrogens (tertiary/aromatic N) is 6. The molecule has 0 spiro atoms. The number of benzene rings is 2. The van der Waals surface area contributed by atoms with E-state index in [1.54, 1.807) is 4.68 Å². The molecule has 1 amide bonds. The molecule has 1 aromatic heterocycles. The normalized spacial score (nSPS) is 14.2. The number of aromatic nitrogens is 4. The Labute approximate surface area is 181 Å². The van der Waals surface area contributed by atoms with Gasteiger partial charge in [0.05, 0.1) is 11.4 Å². The molecule has 8 heteroatoms. The Hall–Kier alpha value is -2.87. The maximum atomic E-state index is 12.8. The molecule has 3 aromatic rings. The van der Waals surface area contributed by atoms with Crippen molar-refractivity contribution in [3.63, 3.8) is 0 Å². The molecule has 1 fully saturated rings. The van der Waals surface area contributed by atoms with Crippen molar-refractivity contribution in [2.75, 3.05) is 36.8 Å². The fourth-order valence-electron chi connectivity index (χ4n) is 3.71. The summed E-state index contributed by atoms with van der Waals surface area (Å²) in [6.45, 7) is 9.48. The van der Waals surface area contributed by atoms with Crippen LogP contribution in [0.4, 0.5) is 5.69 Å². The quantitative estimate of drug-likeness (QED) is 0.589. The number of rotatable bonds is 5. The van der Waals surface area contributed by atoms with Gasteiger partial charge in [0.2, 0.25) is 11.1 Å². The van der Waals surface area contributed by atoms with Crippen LogP contribution in [0.15, 0.2) is 47.6 Å². The first-order valence-corrected chi connectivity index (χ1v) is 11.1. The lowest BCUT2D eigenvalue weighted by molar-refractivity contribution is -0.128. The summed E-state index contributed by atoms with van der Waals surface area (Å²) in [6, 6.07) is 14.3. The number of thioether (sulfide) groups is 1. The van der Waals surface area contributed by atoms with Gasteiger partial charge >= 0.3 is 0 Å². The van der Waals surface area contributed by atoms with Crippen molar-refractivity contribution in [3.05, 3.63) is 59.2 Å². The Morgan fingerprint density at radius 2 is 1.63 bits per heavy atom. The number of amides is 1. The zero-order valence-electron chi connectivity index (χ0n) is 17.6. The fourth-order valence-corrected chi connectivity index (χ4v) is 4.50. The van der Waals surface area contributed by atoms with E-state index in [0.29, 0.717) is 10.9 Å². The van der Waals surface area contributed by atoms with Gasteiger partial charge in [-0.1, -0.05) is 42.1 Å². The van der Waals surface area contributed by atoms with Crippen LogP contribution in [0.1, 0.15) is 16.7 Å². The van der Waals surface area contributed by atoms with Gasteiger partial charge in [0.15, 0.2) is 0 Å². The van der Waals surface area contributed by atoms with E-state index < -0.39 is 0 Å². The van der Waals surface area contributed by atoms with Crippen molar-refractivity contribution in [2.45, 2.75) is 25.9 Å². The average Bonchev–Trinajstić information content (AvgIpc) is 3.23. The van der Waals surface area contributed by atoms with E-state index in [2.05, 4.69) is 52.5 Å². The molecule has 30 heavy (non-hydrogen) atoms. The zero-order chi connectivity index (χ0) is 21.1. The lowest BCUT2D eigenvalue weighted by Crippen LogP contribution is -2.49. The van der Waals surface area contributed by atoms with E-state index in [1.165, 1.54) is 28.6 Å². The van der Waals surface area contributed by atoms with E-state index in [4.69, 9.17) is 0 Å². The highest BCUT2D eigenvalue weighted by molar-refractivity contribution is 7.99. The molecular formula is C22H26N6OS. The summed E-state index contributed by atoms with van der Waals surface area (Å²) < 4.78 is 1.70. The predicted octanol–water partition coefficient (Wildman–Crippen LogP) is 3.03. The van der Waals surface area contributed by atoms with E-state index >= 15 is 0 Å². The molecule has 7 nitrogen and oxygen atoms in total. The van der Waals surface area contributed by atoms with Gasteiger partial charge in [-0.2, -0.15) is 4.68 Å². The zero-order valence-corrected chi connectivity index (χ0v) is 18.4. The summed E-state index contributed by atoms with van der Waals surface area (Å²) in [5, 5.41) is 12.6. The van der Waals surface area contributed by atoms with Gasteiger partial charge in [0.1, 0.15) is 0 Å². The molecule has 1 aliphatic heterocycles. The highest BCUT2D eigenvalue weighted by Gasteiger charge is 2.23. The average molecular weight is 423 g/mol. The van der Waals surface area contributed by atoms with Crippen LogP contribution in [-0.4, -0.2) is 62.9 Å². The van der Waals surface area contributed by atoms with Crippen LogP contribution in [0.2, 0.25) is 0 Å². The second-order valence-electron chi connectivity index (χ2n) is 7.54. The molecule has 0 bridgehead atoms. The first-order valence-electron chi connectivity index (χ1n) is 10.1. The van der Waals surface area contributed by atoms with E-state index in [1.807, 2.05) is 36.1 Å². The topological polar surface area (TPSA) is 67.2 Å². The summed E-state index contributed by atoms with van der Waals surface area (Å²) in [5.74, 6) is 0.454. The Kier molecular flexibility index (Phi) is 6.03. The highest BCUT2D eigenvalue weighted by Crippen LogP contribution is 2.25. The molecule has 0 saturated carbocycles. The highest BCUT2D eigenvalue weighted by atomic mass is 32.2. The monoisotopic (exact) mass is 422 g/mol. The number of carbonyl (C=O) groups is 1. The number of carbonyl (C=O) groups excluding carboxylic acids is 1. The molecule has 0 aliphatic carbocycles. The molecule has 156 valence electrons. The van der Waals surface area contributed by atoms with Gasteiger partial charge in [0, 0.05) is 31.9 Å². The van der Waals surface area contributed by atoms with E-state index in [0.717, 1.165) is 37.4 Å². The van der Waals surface area contributed by atoms with Crippen LogP contribution < -0.4 is 4.90 Å². The van der Waals surface area contributed by atoms with Crippen molar-refractivity contribution in [3.8, 4) is 5.69 Å². The number of anilines is 1. The van der Waals surface area contributed by atoms with Crippen LogP contribution in [0.5, 0.6) is 0 Å². The molecular weight excluding hydrogens is 396 g/mol. The first-order chi connectivity index (χ1) is 14.5. The summed E-state index contributed by atoms with van der Waals surface area (Å²) in [5.41, 5.74) is 5.90. The summed E-state index contributed by atoms with van der Waals surface area (Å²) in [7, 11) is 0. The third-order valence-corrected chi connectivity index (χ3v) is 6.56. The first kappa shape index (κ1) is 20.4. The van der Waals surface area contributed by atoms with Crippen LogP contribution in [-0.2, 0) is 4.79 Å². The lowest BCUT2D eigenvalue weighted by atomic mass is 10.1. The number of piperazine rings is 1. The molecule has 0 unspecified atom stereocenters. The minimum atomic E-state index is 0.125. The number of tetrazole rings is 1. The molecule has 4 rings (SSSR count). The minimum absolute atomic E-state index is 0.125. The van der Waals surface area contributed by atoms with Crippen molar-refractivity contribution >= 4 is 23.4 Å². The SMILES string of the molecule is Cc1ccccc1-n1nnnc1SCC(=O)N1CCN(c2cccc(C)c2C)CC1. The molecule has 0 N–H and O–H groups in total. The van der Waals surface area contributed by atoms with Gasteiger partial charge in [-0.05, 0) is 60.0 Å². The number of para-hydroxylation sites is 1. The summed E-state index contributed by atoms with van der Waals surface area (Å²) >= 11 is 1.38. The Morgan fingerprint density at radius 3 is 2.40 bits per heavy atom. The number of aryl methyl sites for hydroxylation is 2. The number of hydrogen-bond donors (Lipinski definition) is 0. The summed E-state index contributed by atoms with van der Waals surface area (Å²) in [4.78, 5) is 17.1. The van der Waals surface area contributed by atoms with Crippen molar-refractivity contribution in [1.82, 2.24) is 25.1 Å². The van der Waals surface area contributed by atoms with Crippen molar-refractivity contribution < 1.29 is 4.79 Å². The fraction of sp³-hybridized carbons (Fsp3) is 0.364. The number of hydrogen-bond acceptors (Lipinski definition) is 6. The molecule has 1 aliphatic rings. The maximum Gasteiger partial charge on any atom is 0.233 e. The third kappa shape index (κ3) is 4.18. The molecule has 2 aromatic carbocycles. The summed E-state index contributed by atoms with van der Waals surface area (Å²) in [6.07, 6.45) is 0. The van der Waals surface area contributed by atoms with Crippen molar-refractivity contribution in [2.24, 2.45) is 0 Å². The molecule has 0 atom stereocenters. The maximum absolute atomic E-state index is 12.8. The van der Waals surface area contributed by atoms with Crippen LogP contribution in [0, 0.1) is 20.8 Å². The molecule has 1 saturated heterocycles. The largest absolute Gasteiger partial charge is 0.368 e. The van der Waals surface area contributed by atoms with E-state index in [9.17, 15) is 4.79 Å². The Morgan fingerprint density at radius 1 is 0.933 bits per heavy atom. The van der Waals surface area contributed by atoms with Gasteiger partial charge in [-0.3, -0.25) is 4.79 Å². The Balaban J connectivity index is 1.35. The van der Waals surface area contributed by atoms with Gasteiger partial charge in [-0.15, -0.1) is 5.10 Å². The molecule has 2 heterocycles.